The average Bonchev–Trinajstić information content (AvgIpc) is 2.58. The van der Waals surface area contributed by atoms with Crippen molar-refractivity contribution < 1.29 is 19.7 Å². The third-order valence-electron chi connectivity index (χ3n) is 2.68. The predicted molar refractivity (Wildman–Crippen MR) is 57.3 cm³/mol. The zero-order valence-corrected chi connectivity index (χ0v) is 9.01. The summed E-state index contributed by atoms with van der Waals surface area (Å²) in [6.07, 6.45) is 4.32. The van der Waals surface area contributed by atoms with Gasteiger partial charge >= 0.3 is 5.97 Å². The van der Waals surface area contributed by atoms with Gasteiger partial charge in [-0.3, -0.25) is 0 Å². The van der Waals surface area contributed by atoms with Crippen molar-refractivity contribution in [2.45, 2.75) is 32.0 Å². The Morgan fingerprint density at radius 1 is 1.50 bits per heavy atom. The van der Waals surface area contributed by atoms with Crippen LogP contribution in [0.25, 0.3) is 0 Å². The number of esters is 1. The number of unbranched alkanes of at least 4 members (excludes halogenated alkanes) is 1. The van der Waals surface area contributed by atoms with Gasteiger partial charge in [0.15, 0.2) is 0 Å². The quantitative estimate of drug-likeness (QED) is 0.679. The molecule has 0 unspecified atom stereocenters. The zero-order chi connectivity index (χ0) is 11.7. The lowest BCUT2D eigenvalue weighted by atomic mass is 9.93. The van der Waals surface area contributed by atoms with Gasteiger partial charge in [0.25, 0.3) is 0 Å². The smallest absolute Gasteiger partial charge is 0.344 e. The van der Waals surface area contributed by atoms with E-state index in [-0.39, 0.29) is 0 Å². The van der Waals surface area contributed by atoms with Crippen molar-refractivity contribution >= 4 is 5.97 Å². The highest BCUT2D eigenvalue weighted by atomic mass is 16.5. The first kappa shape index (κ1) is 11.1. The largest absolute Gasteiger partial charge is 0.423 e. The standard InChI is InChI=1S/C12H14O4/c1-2-3-4-9-10-7(12(15)16-9)5-6-8(13)11(10)14/h4-6,8,11,13-14H,2-3H2,1H3/b9-4-/t8-,11+/m1/s1. The Morgan fingerprint density at radius 3 is 2.94 bits per heavy atom. The van der Waals surface area contributed by atoms with Gasteiger partial charge in [-0.25, -0.2) is 4.79 Å². The Balaban J connectivity index is 2.37. The summed E-state index contributed by atoms with van der Waals surface area (Å²) >= 11 is 0. The molecule has 16 heavy (non-hydrogen) atoms. The molecular weight excluding hydrogens is 208 g/mol. The second kappa shape index (κ2) is 4.23. The molecule has 0 aromatic carbocycles. The molecule has 86 valence electrons. The molecule has 1 heterocycles. The number of allylic oxidation sites excluding steroid dienone is 1. The lowest BCUT2D eigenvalue weighted by Crippen LogP contribution is -2.29. The highest BCUT2D eigenvalue weighted by molar-refractivity contribution is 5.98. The van der Waals surface area contributed by atoms with Crippen LogP contribution >= 0.6 is 0 Å². The molecule has 1 aliphatic heterocycles. The van der Waals surface area contributed by atoms with E-state index in [1.165, 1.54) is 12.2 Å². The summed E-state index contributed by atoms with van der Waals surface area (Å²) < 4.78 is 5.05. The van der Waals surface area contributed by atoms with Crippen molar-refractivity contribution in [3.8, 4) is 0 Å². The first-order chi connectivity index (χ1) is 7.65. The summed E-state index contributed by atoms with van der Waals surface area (Å²) in [5.74, 6) is -0.0719. The van der Waals surface area contributed by atoms with E-state index in [2.05, 4.69) is 0 Å². The summed E-state index contributed by atoms with van der Waals surface area (Å²) in [4.78, 5) is 11.5. The van der Waals surface area contributed by atoms with Crippen LogP contribution in [-0.4, -0.2) is 28.4 Å². The third-order valence-corrected chi connectivity index (χ3v) is 2.68. The minimum atomic E-state index is -1.07. The van der Waals surface area contributed by atoms with Crippen LogP contribution in [0.3, 0.4) is 0 Å². The number of hydrogen-bond acceptors (Lipinski definition) is 4. The maximum atomic E-state index is 11.5. The van der Waals surface area contributed by atoms with Gasteiger partial charge in [-0.2, -0.15) is 0 Å². The molecule has 2 atom stereocenters. The summed E-state index contributed by atoms with van der Waals surface area (Å²) in [6, 6.07) is 0. The molecule has 2 N–H and O–H groups in total. The maximum Gasteiger partial charge on any atom is 0.344 e. The van der Waals surface area contributed by atoms with Gasteiger partial charge in [0.05, 0.1) is 5.57 Å². The number of cyclic esters (lactones) is 1. The van der Waals surface area contributed by atoms with E-state index in [1.54, 1.807) is 6.08 Å². The van der Waals surface area contributed by atoms with Crippen LogP contribution < -0.4 is 0 Å². The first-order valence-electron chi connectivity index (χ1n) is 5.36. The molecule has 1 aliphatic carbocycles. The lowest BCUT2D eigenvalue weighted by Gasteiger charge is -2.19. The van der Waals surface area contributed by atoms with Crippen LogP contribution in [0.1, 0.15) is 19.8 Å². The fraction of sp³-hybridized carbons (Fsp3) is 0.417. The minimum absolute atomic E-state index is 0.347. The first-order valence-corrected chi connectivity index (χ1v) is 5.36. The molecular formula is C12H14O4. The summed E-state index contributed by atoms with van der Waals surface area (Å²) in [7, 11) is 0. The maximum absolute atomic E-state index is 11.5. The van der Waals surface area contributed by atoms with E-state index in [4.69, 9.17) is 4.74 Å². The van der Waals surface area contributed by atoms with E-state index < -0.39 is 18.2 Å². The Kier molecular flexibility index (Phi) is 2.94. The van der Waals surface area contributed by atoms with E-state index in [9.17, 15) is 15.0 Å². The number of ether oxygens (including phenoxy) is 1. The zero-order valence-electron chi connectivity index (χ0n) is 9.01. The number of carbonyl (C=O) groups excluding carboxylic acids is 1. The van der Waals surface area contributed by atoms with Crippen molar-refractivity contribution in [1.29, 1.82) is 0 Å². The summed E-state index contributed by atoms with van der Waals surface area (Å²) in [5.41, 5.74) is 0.758. The monoisotopic (exact) mass is 222 g/mol. The van der Waals surface area contributed by atoms with Crippen molar-refractivity contribution in [3.05, 3.63) is 35.1 Å². The van der Waals surface area contributed by atoms with Gasteiger partial charge in [0, 0.05) is 5.57 Å². The molecule has 0 radical (unpaired) electrons. The van der Waals surface area contributed by atoms with Crippen LogP contribution in [0.2, 0.25) is 0 Å². The molecule has 2 aliphatic rings. The van der Waals surface area contributed by atoms with E-state index >= 15 is 0 Å². The van der Waals surface area contributed by atoms with E-state index in [0.717, 1.165) is 12.8 Å². The number of carbonyl (C=O) groups is 1. The SMILES string of the molecule is CCC/C=C1\OC(=O)C2=C1[C@@H](O)[C@H](O)C=C2. The Morgan fingerprint density at radius 2 is 2.25 bits per heavy atom. The number of hydrogen-bond donors (Lipinski definition) is 2. The van der Waals surface area contributed by atoms with Gasteiger partial charge in [0.1, 0.15) is 18.0 Å². The van der Waals surface area contributed by atoms with Gasteiger partial charge < -0.3 is 14.9 Å². The van der Waals surface area contributed by atoms with Crippen molar-refractivity contribution in [2.75, 3.05) is 0 Å². The molecule has 0 amide bonds. The topological polar surface area (TPSA) is 66.8 Å². The van der Waals surface area contributed by atoms with Gasteiger partial charge in [-0.15, -0.1) is 0 Å². The fourth-order valence-electron chi connectivity index (χ4n) is 1.81. The van der Waals surface area contributed by atoms with Crippen molar-refractivity contribution in [2.24, 2.45) is 0 Å². The molecule has 0 saturated heterocycles. The fourth-order valence-corrected chi connectivity index (χ4v) is 1.81. The van der Waals surface area contributed by atoms with Gasteiger partial charge in [-0.1, -0.05) is 19.4 Å². The molecule has 4 nitrogen and oxygen atoms in total. The number of aliphatic hydroxyl groups is 2. The van der Waals surface area contributed by atoms with Crippen LogP contribution in [0.5, 0.6) is 0 Å². The van der Waals surface area contributed by atoms with Gasteiger partial charge in [0.2, 0.25) is 0 Å². The van der Waals surface area contributed by atoms with Crippen LogP contribution in [0.15, 0.2) is 35.1 Å². The lowest BCUT2D eigenvalue weighted by molar-refractivity contribution is -0.132. The normalized spacial score (nSPS) is 30.9. The third kappa shape index (κ3) is 1.70. The van der Waals surface area contributed by atoms with Crippen LogP contribution in [0.4, 0.5) is 0 Å². The second-order valence-corrected chi connectivity index (χ2v) is 3.87. The molecule has 0 saturated carbocycles. The Hall–Kier alpha value is -1.39. The molecule has 0 aromatic rings. The molecule has 0 spiro atoms. The highest BCUT2D eigenvalue weighted by Crippen LogP contribution is 2.34. The predicted octanol–water partition coefficient (Wildman–Crippen LogP) is 0.815. The Bertz CT molecular complexity index is 403. The molecule has 0 bridgehead atoms. The van der Waals surface area contributed by atoms with Crippen molar-refractivity contribution in [3.63, 3.8) is 0 Å². The van der Waals surface area contributed by atoms with Crippen LogP contribution in [-0.2, 0) is 9.53 Å². The number of aliphatic hydroxyl groups excluding tert-OH is 2. The Labute approximate surface area is 93.5 Å². The average molecular weight is 222 g/mol. The van der Waals surface area contributed by atoms with Gasteiger partial charge in [-0.05, 0) is 18.6 Å². The molecule has 4 heteroatoms. The number of rotatable bonds is 2. The van der Waals surface area contributed by atoms with E-state index in [0.29, 0.717) is 16.9 Å². The van der Waals surface area contributed by atoms with Crippen molar-refractivity contribution in [1.82, 2.24) is 0 Å². The minimum Gasteiger partial charge on any atom is -0.423 e. The highest BCUT2D eigenvalue weighted by Gasteiger charge is 2.37. The molecule has 2 rings (SSSR count). The van der Waals surface area contributed by atoms with E-state index in [1.807, 2.05) is 6.92 Å². The molecule has 0 fully saturated rings. The van der Waals surface area contributed by atoms with Crippen LogP contribution in [0, 0.1) is 0 Å². The second-order valence-electron chi connectivity index (χ2n) is 3.87. The summed E-state index contributed by atoms with van der Waals surface area (Å²) in [6.45, 7) is 2.01. The summed E-state index contributed by atoms with van der Waals surface area (Å²) in [5, 5.41) is 19.3. The molecule has 0 aromatic heterocycles.